The van der Waals surface area contributed by atoms with Crippen molar-refractivity contribution in [2.45, 2.75) is 6.42 Å². The summed E-state index contributed by atoms with van der Waals surface area (Å²) in [6, 6.07) is 1.80. The van der Waals surface area contributed by atoms with E-state index in [0.29, 0.717) is 30.1 Å². The van der Waals surface area contributed by atoms with E-state index in [0.717, 1.165) is 10.1 Å². The van der Waals surface area contributed by atoms with E-state index >= 15 is 0 Å². The third kappa shape index (κ3) is 2.00. The van der Waals surface area contributed by atoms with Gasteiger partial charge < -0.3 is 16.4 Å². The Kier molecular flexibility index (Phi) is 3.06. The summed E-state index contributed by atoms with van der Waals surface area (Å²) >= 11 is 1.33. The van der Waals surface area contributed by atoms with Crippen LogP contribution in [-0.2, 0) is 4.79 Å². The Morgan fingerprint density at radius 3 is 2.90 bits per heavy atom. The highest BCUT2D eigenvalue weighted by Crippen LogP contribution is 2.34. The lowest BCUT2D eigenvalue weighted by molar-refractivity contribution is -0.121. The lowest BCUT2D eigenvalue weighted by atomic mass is 10.1. The number of amides is 2. The second-order valence-electron chi connectivity index (χ2n) is 4.86. The van der Waals surface area contributed by atoms with Gasteiger partial charge >= 0.3 is 0 Å². The normalized spacial score (nSPS) is 18.6. The number of likely N-dealkylation sites (tertiary alicyclic amines) is 1. The molecular formula is C13H14N4O2S. The third-order valence-corrected chi connectivity index (χ3v) is 4.75. The molecule has 0 saturated carbocycles. The van der Waals surface area contributed by atoms with Gasteiger partial charge in [-0.15, -0.1) is 11.3 Å². The van der Waals surface area contributed by atoms with E-state index in [4.69, 9.17) is 11.5 Å². The smallest absolute Gasteiger partial charge is 0.266 e. The zero-order valence-corrected chi connectivity index (χ0v) is 11.5. The minimum atomic E-state index is -0.353. The lowest BCUT2D eigenvalue weighted by Crippen LogP contribution is -2.31. The van der Waals surface area contributed by atoms with E-state index in [1.807, 2.05) is 0 Å². The van der Waals surface area contributed by atoms with Crippen LogP contribution in [0.1, 0.15) is 16.1 Å². The number of aromatic nitrogens is 1. The van der Waals surface area contributed by atoms with E-state index in [2.05, 4.69) is 4.98 Å². The molecule has 1 atom stereocenters. The fourth-order valence-corrected chi connectivity index (χ4v) is 3.51. The molecule has 2 aromatic heterocycles. The van der Waals surface area contributed by atoms with Gasteiger partial charge in [0, 0.05) is 30.9 Å². The Hall–Kier alpha value is -2.15. The Morgan fingerprint density at radius 2 is 2.25 bits per heavy atom. The first-order valence-corrected chi connectivity index (χ1v) is 7.10. The average Bonchev–Trinajstić information content (AvgIpc) is 3.04. The molecule has 3 heterocycles. The van der Waals surface area contributed by atoms with Crippen molar-refractivity contribution in [1.29, 1.82) is 0 Å². The van der Waals surface area contributed by atoms with Gasteiger partial charge in [0.25, 0.3) is 5.91 Å². The van der Waals surface area contributed by atoms with E-state index < -0.39 is 0 Å². The van der Waals surface area contributed by atoms with Crippen LogP contribution in [0.25, 0.3) is 10.1 Å². The van der Waals surface area contributed by atoms with Crippen molar-refractivity contribution < 1.29 is 9.59 Å². The third-order valence-electron chi connectivity index (χ3n) is 3.60. The molecule has 0 spiro atoms. The number of nitrogens with zero attached hydrogens (tertiary/aromatic N) is 2. The molecule has 0 bridgehead atoms. The molecule has 104 valence electrons. The number of hydrogen-bond acceptors (Lipinski definition) is 5. The van der Waals surface area contributed by atoms with Crippen molar-refractivity contribution in [1.82, 2.24) is 9.88 Å². The van der Waals surface area contributed by atoms with E-state index in [9.17, 15) is 9.59 Å². The molecule has 1 fully saturated rings. The number of pyridine rings is 1. The van der Waals surface area contributed by atoms with Crippen molar-refractivity contribution in [3.05, 3.63) is 23.3 Å². The van der Waals surface area contributed by atoms with Crippen LogP contribution < -0.4 is 11.5 Å². The van der Waals surface area contributed by atoms with Gasteiger partial charge in [0.1, 0.15) is 4.88 Å². The molecule has 3 rings (SSSR count). The van der Waals surface area contributed by atoms with Crippen LogP contribution in [-0.4, -0.2) is 34.8 Å². The Balaban J connectivity index is 1.90. The minimum absolute atomic E-state index is 0.132. The largest absolute Gasteiger partial charge is 0.397 e. The number of fused-ring (bicyclic) bond motifs is 1. The van der Waals surface area contributed by atoms with Crippen molar-refractivity contribution in [2.75, 3.05) is 18.8 Å². The molecule has 1 aliphatic rings. The molecular weight excluding hydrogens is 276 g/mol. The van der Waals surface area contributed by atoms with E-state index in [1.54, 1.807) is 23.4 Å². The van der Waals surface area contributed by atoms with Crippen LogP contribution in [0.5, 0.6) is 0 Å². The molecule has 7 heteroatoms. The molecule has 2 aromatic rings. The summed E-state index contributed by atoms with van der Waals surface area (Å²) in [5, 5.41) is 0.846. The number of carbonyl (C=O) groups excluding carboxylic acids is 2. The molecule has 0 radical (unpaired) electrons. The van der Waals surface area contributed by atoms with Gasteiger partial charge in [-0.1, -0.05) is 0 Å². The molecule has 0 aliphatic carbocycles. The fraction of sp³-hybridized carbons (Fsp3) is 0.308. The van der Waals surface area contributed by atoms with Crippen LogP contribution in [0.3, 0.4) is 0 Å². The number of hydrogen-bond donors (Lipinski definition) is 2. The Bertz CT molecular complexity index is 697. The van der Waals surface area contributed by atoms with Gasteiger partial charge in [-0.25, -0.2) is 0 Å². The molecule has 1 saturated heterocycles. The van der Waals surface area contributed by atoms with Crippen molar-refractivity contribution in [3.63, 3.8) is 0 Å². The number of thiophene rings is 1. The maximum Gasteiger partial charge on any atom is 0.266 e. The van der Waals surface area contributed by atoms with Crippen LogP contribution in [0, 0.1) is 5.92 Å². The average molecular weight is 290 g/mol. The first kappa shape index (κ1) is 12.9. The second-order valence-corrected chi connectivity index (χ2v) is 5.91. The lowest BCUT2D eigenvalue weighted by Gasteiger charge is -2.15. The predicted molar refractivity (Wildman–Crippen MR) is 77.2 cm³/mol. The monoisotopic (exact) mass is 290 g/mol. The summed E-state index contributed by atoms with van der Waals surface area (Å²) in [5.74, 6) is -0.738. The maximum atomic E-state index is 12.5. The van der Waals surface area contributed by atoms with Crippen molar-refractivity contribution in [3.8, 4) is 0 Å². The van der Waals surface area contributed by atoms with Gasteiger partial charge in [-0.3, -0.25) is 14.6 Å². The van der Waals surface area contributed by atoms with Gasteiger partial charge in [0.05, 0.1) is 16.3 Å². The number of primary amides is 1. The first-order chi connectivity index (χ1) is 9.58. The fourth-order valence-electron chi connectivity index (χ4n) is 2.45. The topological polar surface area (TPSA) is 102 Å². The molecule has 20 heavy (non-hydrogen) atoms. The zero-order chi connectivity index (χ0) is 14.3. The number of nitrogen functional groups attached to an aromatic ring is 1. The molecule has 0 aromatic carbocycles. The quantitative estimate of drug-likeness (QED) is 0.855. The SMILES string of the molecule is NC(=O)C1CCN(C(=O)c2sc3cnccc3c2N)C1. The molecule has 6 nitrogen and oxygen atoms in total. The number of anilines is 1. The standard InChI is InChI=1S/C13H14N4O2S/c14-10-8-1-3-16-5-9(8)20-11(10)13(19)17-4-2-7(6-17)12(15)18/h1,3,5,7H,2,4,6,14H2,(H2,15,18). The highest BCUT2D eigenvalue weighted by Gasteiger charge is 2.31. The molecule has 2 amide bonds. The summed E-state index contributed by atoms with van der Waals surface area (Å²) in [6.45, 7) is 0.915. The van der Waals surface area contributed by atoms with Crippen molar-refractivity contribution in [2.24, 2.45) is 11.7 Å². The maximum absolute atomic E-state index is 12.5. The van der Waals surface area contributed by atoms with Gasteiger partial charge in [0.2, 0.25) is 5.91 Å². The van der Waals surface area contributed by atoms with Crippen molar-refractivity contribution >= 4 is 38.9 Å². The van der Waals surface area contributed by atoms with Gasteiger partial charge in [0.15, 0.2) is 0 Å². The molecule has 1 aliphatic heterocycles. The summed E-state index contributed by atoms with van der Waals surface area (Å²) in [6.07, 6.45) is 3.97. The first-order valence-electron chi connectivity index (χ1n) is 6.28. The van der Waals surface area contributed by atoms with Gasteiger partial charge in [-0.2, -0.15) is 0 Å². The number of carbonyl (C=O) groups is 2. The number of rotatable bonds is 2. The van der Waals surface area contributed by atoms with Crippen LogP contribution in [0.15, 0.2) is 18.5 Å². The number of nitrogens with two attached hydrogens (primary N) is 2. The van der Waals surface area contributed by atoms with Crippen LogP contribution in [0.2, 0.25) is 0 Å². The van der Waals surface area contributed by atoms with E-state index in [-0.39, 0.29) is 17.7 Å². The Labute approximate surface area is 119 Å². The van der Waals surface area contributed by atoms with Crippen LogP contribution in [0.4, 0.5) is 5.69 Å². The summed E-state index contributed by atoms with van der Waals surface area (Å²) in [5.41, 5.74) is 11.8. The minimum Gasteiger partial charge on any atom is -0.397 e. The molecule has 4 N–H and O–H groups in total. The molecule has 1 unspecified atom stereocenters. The van der Waals surface area contributed by atoms with Crippen LogP contribution >= 0.6 is 11.3 Å². The zero-order valence-electron chi connectivity index (χ0n) is 10.7. The summed E-state index contributed by atoms with van der Waals surface area (Å²) in [7, 11) is 0. The van der Waals surface area contributed by atoms with E-state index in [1.165, 1.54) is 11.3 Å². The second kappa shape index (κ2) is 4.75. The highest BCUT2D eigenvalue weighted by atomic mass is 32.1. The highest BCUT2D eigenvalue weighted by molar-refractivity contribution is 7.21. The van der Waals surface area contributed by atoms with Gasteiger partial charge in [-0.05, 0) is 12.5 Å². The summed E-state index contributed by atoms with van der Waals surface area (Å²) < 4.78 is 0.888. The Morgan fingerprint density at radius 1 is 1.45 bits per heavy atom. The predicted octanol–water partition coefficient (Wildman–Crippen LogP) is 0.826. The summed E-state index contributed by atoms with van der Waals surface area (Å²) in [4.78, 5) is 29.8.